The molecule has 4 nitrogen and oxygen atoms in total. The van der Waals surface area contributed by atoms with Gasteiger partial charge in [0.25, 0.3) is 5.56 Å². The van der Waals surface area contributed by atoms with E-state index < -0.39 is 0 Å². The first-order valence-electron chi connectivity index (χ1n) is 9.73. The molecule has 1 saturated carbocycles. The molecule has 6 rings (SSSR count). The van der Waals surface area contributed by atoms with Gasteiger partial charge in [-0.2, -0.15) is 0 Å². The van der Waals surface area contributed by atoms with Gasteiger partial charge in [-0.15, -0.1) is 0 Å². The van der Waals surface area contributed by atoms with Gasteiger partial charge in [0.1, 0.15) is 5.69 Å². The van der Waals surface area contributed by atoms with Crippen molar-refractivity contribution >= 4 is 21.8 Å². The van der Waals surface area contributed by atoms with Crippen LogP contribution in [0, 0.1) is 0 Å². The Balaban J connectivity index is 1.71. The molecule has 0 N–H and O–H groups in total. The molecule has 0 radical (unpaired) electrons. The van der Waals surface area contributed by atoms with E-state index >= 15 is 0 Å². The second kappa shape index (κ2) is 5.49. The summed E-state index contributed by atoms with van der Waals surface area (Å²) in [7, 11) is 0. The van der Waals surface area contributed by atoms with Crippen molar-refractivity contribution in [2.24, 2.45) is 0 Å². The third-order valence-electron chi connectivity index (χ3n) is 6.19. The lowest BCUT2D eigenvalue weighted by molar-refractivity contribution is 0.708. The molecule has 0 saturated heterocycles. The minimum atomic E-state index is 0.0371. The van der Waals surface area contributed by atoms with Crippen LogP contribution in [0.4, 0.5) is 0 Å². The molecule has 132 valence electrons. The zero-order valence-corrected chi connectivity index (χ0v) is 15.0. The number of aromatic nitrogens is 3. The van der Waals surface area contributed by atoms with Crippen LogP contribution in [0.1, 0.15) is 42.7 Å². The highest BCUT2D eigenvalue weighted by Gasteiger charge is 2.31. The van der Waals surface area contributed by atoms with E-state index in [2.05, 4.69) is 18.2 Å². The van der Waals surface area contributed by atoms with Crippen LogP contribution in [0.5, 0.6) is 0 Å². The van der Waals surface area contributed by atoms with Gasteiger partial charge in [-0.05, 0) is 42.5 Å². The van der Waals surface area contributed by atoms with Gasteiger partial charge in [0.15, 0.2) is 5.82 Å². The molecule has 0 unspecified atom stereocenters. The van der Waals surface area contributed by atoms with E-state index in [1.54, 1.807) is 0 Å². The maximum Gasteiger partial charge on any atom is 0.262 e. The molecule has 2 aliphatic rings. The van der Waals surface area contributed by atoms with Crippen LogP contribution >= 0.6 is 0 Å². The first-order chi connectivity index (χ1) is 13.3. The van der Waals surface area contributed by atoms with E-state index in [0.717, 1.165) is 22.6 Å². The van der Waals surface area contributed by atoms with Crippen molar-refractivity contribution in [3.05, 3.63) is 70.0 Å². The Kier molecular flexibility index (Phi) is 3.07. The molecule has 3 heterocycles. The van der Waals surface area contributed by atoms with Gasteiger partial charge in [-0.25, -0.2) is 9.97 Å². The first-order valence-corrected chi connectivity index (χ1v) is 9.73. The molecule has 0 amide bonds. The average Bonchev–Trinajstić information content (AvgIpc) is 3.35. The molecule has 1 fully saturated rings. The Morgan fingerprint density at radius 2 is 1.52 bits per heavy atom. The van der Waals surface area contributed by atoms with Gasteiger partial charge >= 0.3 is 0 Å². The molecule has 0 atom stereocenters. The number of rotatable bonds is 1. The summed E-state index contributed by atoms with van der Waals surface area (Å²) in [5.41, 5.74) is 5.31. The van der Waals surface area contributed by atoms with Crippen LogP contribution in [0.15, 0.2) is 53.3 Å². The highest BCUT2D eigenvalue weighted by Crippen LogP contribution is 2.43. The third kappa shape index (κ3) is 2.07. The zero-order chi connectivity index (χ0) is 18.0. The van der Waals surface area contributed by atoms with Crippen molar-refractivity contribution in [2.75, 3.05) is 0 Å². The number of pyridine rings is 1. The smallest absolute Gasteiger partial charge is 0.262 e. The first kappa shape index (κ1) is 15.1. The van der Waals surface area contributed by atoms with E-state index in [1.807, 2.05) is 34.9 Å². The number of fused-ring (bicyclic) bond motifs is 5. The summed E-state index contributed by atoms with van der Waals surface area (Å²) in [6.07, 6.45) is 5.01. The Morgan fingerprint density at radius 3 is 2.30 bits per heavy atom. The summed E-state index contributed by atoms with van der Waals surface area (Å²) in [5.74, 6) is 1.28. The van der Waals surface area contributed by atoms with Crippen LogP contribution < -0.4 is 5.56 Å². The average molecular weight is 353 g/mol. The van der Waals surface area contributed by atoms with Crippen LogP contribution in [-0.4, -0.2) is 14.5 Å². The van der Waals surface area contributed by atoms with E-state index in [4.69, 9.17) is 9.97 Å². The van der Waals surface area contributed by atoms with E-state index in [9.17, 15) is 4.79 Å². The largest absolute Gasteiger partial charge is 0.286 e. The summed E-state index contributed by atoms with van der Waals surface area (Å²) in [5, 5.41) is 1.93. The highest BCUT2D eigenvalue weighted by atomic mass is 16.1. The Labute approximate surface area is 156 Å². The summed E-state index contributed by atoms with van der Waals surface area (Å²) in [6.45, 7) is 0.588. The van der Waals surface area contributed by atoms with E-state index in [-0.39, 0.29) is 5.56 Å². The van der Waals surface area contributed by atoms with Gasteiger partial charge in [0, 0.05) is 10.9 Å². The van der Waals surface area contributed by atoms with Crippen LogP contribution in [0.2, 0.25) is 0 Å². The predicted molar refractivity (Wildman–Crippen MR) is 107 cm³/mol. The van der Waals surface area contributed by atoms with Crippen molar-refractivity contribution < 1.29 is 0 Å². The standard InChI is InChI=1S/C23H19N3O/c27-23-16-10-4-6-12-19(16)25-22-21-17(13-26(22)23)20(14-7-1-2-8-14)15-9-3-5-11-18(15)24-21/h3-6,9-12,14H,1-2,7-8,13H2. The molecule has 2 aromatic carbocycles. The van der Waals surface area contributed by atoms with Crippen LogP contribution in [0.3, 0.4) is 0 Å². The van der Waals surface area contributed by atoms with Crippen molar-refractivity contribution in [1.82, 2.24) is 14.5 Å². The second-order valence-corrected chi connectivity index (χ2v) is 7.70. The maximum absolute atomic E-state index is 13.1. The SMILES string of the molecule is O=c1c2ccccc2nc2n1Cc1c-2nc2ccccc2c1C1CCCC1. The van der Waals surface area contributed by atoms with Gasteiger partial charge in [0.2, 0.25) is 0 Å². The predicted octanol–water partition coefficient (Wildman–Crippen LogP) is 4.63. The number of para-hydroxylation sites is 2. The maximum atomic E-state index is 13.1. The third-order valence-corrected chi connectivity index (χ3v) is 6.19. The monoisotopic (exact) mass is 353 g/mol. The molecule has 4 heteroatoms. The number of hydrogen-bond donors (Lipinski definition) is 0. The summed E-state index contributed by atoms with van der Waals surface area (Å²) in [4.78, 5) is 22.9. The van der Waals surface area contributed by atoms with Crippen molar-refractivity contribution in [3.63, 3.8) is 0 Å². The normalized spacial score (nSPS) is 16.1. The highest BCUT2D eigenvalue weighted by molar-refractivity contribution is 5.89. The minimum absolute atomic E-state index is 0.0371. The minimum Gasteiger partial charge on any atom is -0.286 e. The Bertz CT molecular complexity index is 1280. The number of hydrogen-bond acceptors (Lipinski definition) is 3. The number of nitrogens with zero attached hydrogens (tertiary/aromatic N) is 3. The van der Waals surface area contributed by atoms with Gasteiger partial charge in [-0.1, -0.05) is 43.2 Å². The van der Waals surface area contributed by atoms with Gasteiger partial charge < -0.3 is 0 Å². The van der Waals surface area contributed by atoms with E-state index in [0.29, 0.717) is 17.8 Å². The molecular formula is C23H19N3O. The second-order valence-electron chi connectivity index (χ2n) is 7.70. The zero-order valence-electron chi connectivity index (χ0n) is 15.0. The molecule has 4 aromatic rings. The summed E-state index contributed by atoms with van der Waals surface area (Å²) < 4.78 is 1.82. The number of benzene rings is 2. The molecule has 1 aliphatic heterocycles. The molecule has 1 aliphatic carbocycles. The van der Waals surface area contributed by atoms with Crippen molar-refractivity contribution in [2.45, 2.75) is 38.1 Å². The summed E-state index contributed by atoms with van der Waals surface area (Å²) >= 11 is 0. The molecule has 0 spiro atoms. The lowest BCUT2D eigenvalue weighted by Crippen LogP contribution is -2.20. The molecular weight excluding hydrogens is 334 g/mol. The lowest BCUT2D eigenvalue weighted by atomic mass is 9.89. The fourth-order valence-corrected chi connectivity index (χ4v) is 4.96. The molecule has 27 heavy (non-hydrogen) atoms. The van der Waals surface area contributed by atoms with Crippen molar-refractivity contribution in [1.29, 1.82) is 0 Å². The van der Waals surface area contributed by atoms with Crippen molar-refractivity contribution in [3.8, 4) is 11.5 Å². The molecule has 0 bridgehead atoms. The fraction of sp³-hybridized carbons (Fsp3) is 0.261. The molecule has 2 aromatic heterocycles. The van der Waals surface area contributed by atoms with Gasteiger partial charge in [0.05, 0.1) is 23.0 Å². The Morgan fingerprint density at radius 1 is 0.852 bits per heavy atom. The van der Waals surface area contributed by atoms with E-state index in [1.165, 1.54) is 42.2 Å². The quantitative estimate of drug-likeness (QED) is 0.441. The van der Waals surface area contributed by atoms with Crippen LogP contribution in [0.25, 0.3) is 33.3 Å². The topological polar surface area (TPSA) is 47.8 Å². The fourth-order valence-electron chi connectivity index (χ4n) is 4.96. The Hall–Kier alpha value is -3.01. The van der Waals surface area contributed by atoms with Crippen LogP contribution in [-0.2, 0) is 6.54 Å². The summed E-state index contributed by atoms with van der Waals surface area (Å²) in [6, 6.07) is 16.0. The lowest BCUT2D eigenvalue weighted by Gasteiger charge is -2.17. The van der Waals surface area contributed by atoms with Gasteiger partial charge in [-0.3, -0.25) is 9.36 Å².